The Morgan fingerprint density at radius 3 is 2.24 bits per heavy atom. The number of carbonyl (C=O) groups excluding carboxylic acids is 1. The van der Waals surface area contributed by atoms with E-state index in [1.54, 1.807) is 29.0 Å². The second-order valence-electron chi connectivity index (χ2n) is 5.09. The number of benzene rings is 1. The van der Waals surface area contributed by atoms with Crippen molar-refractivity contribution in [3.8, 4) is 17.2 Å². The van der Waals surface area contributed by atoms with Crippen molar-refractivity contribution in [1.82, 2.24) is 10.3 Å². The normalized spacial score (nSPS) is 10.4. The van der Waals surface area contributed by atoms with Gasteiger partial charge in [-0.2, -0.15) is 0 Å². The van der Waals surface area contributed by atoms with E-state index in [1.807, 2.05) is 26.2 Å². The minimum atomic E-state index is -0.180. The zero-order chi connectivity index (χ0) is 18.1. The average molecular weight is 364 g/mol. The van der Waals surface area contributed by atoms with Crippen molar-refractivity contribution in [2.75, 3.05) is 26.4 Å². The Bertz CT molecular complexity index is 647. The molecule has 136 valence electrons. The molecular weight excluding hydrogens is 340 g/mol. The lowest BCUT2D eigenvalue weighted by molar-refractivity contribution is 0.0953. The molecule has 1 aromatic heterocycles. The predicted octanol–water partition coefficient (Wildman–Crippen LogP) is 3.31. The molecule has 7 heteroatoms. The topological polar surface area (TPSA) is 69.7 Å². The van der Waals surface area contributed by atoms with Crippen LogP contribution in [0, 0.1) is 0 Å². The Hall–Kier alpha value is -2.28. The number of carbonyl (C=O) groups is 1. The van der Waals surface area contributed by atoms with Crippen LogP contribution in [0.1, 0.15) is 36.8 Å². The average Bonchev–Trinajstić information content (AvgIpc) is 3.11. The number of hydrogen-bond acceptors (Lipinski definition) is 6. The van der Waals surface area contributed by atoms with E-state index in [2.05, 4.69) is 10.3 Å². The number of rotatable bonds is 10. The van der Waals surface area contributed by atoms with Crippen molar-refractivity contribution in [1.29, 1.82) is 0 Å². The lowest BCUT2D eigenvalue weighted by Crippen LogP contribution is -2.26. The van der Waals surface area contributed by atoms with Gasteiger partial charge < -0.3 is 19.5 Å². The van der Waals surface area contributed by atoms with E-state index < -0.39 is 0 Å². The van der Waals surface area contributed by atoms with Crippen LogP contribution in [0.15, 0.2) is 23.0 Å². The lowest BCUT2D eigenvalue weighted by Gasteiger charge is -2.17. The first kappa shape index (κ1) is 19.1. The highest BCUT2D eigenvalue weighted by Gasteiger charge is 2.18. The molecule has 2 rings (SSSR count). The van der Waals surface area contributed by atoms with Crippen molar-refractivity contribution in [3.63, 3.8) is 0 Å². The maximum Gasteiger partial charge on any atom is 0.251 e. The van der Waals surface area contributed by atoms with Gasteiger partial charge in [0.05, 0.1) is 31.0 Å². The Balaban J connectivity index is 2.15. The quantitative estimate of drug-likeness (QED) is 0.700. The molecule has 0 aliphatic heterocycles. The number of aromatic nitrogens is 1. The van der Waals surface area contributed by atoms with Gasteiger partial charge in [0.15, 0.2) is 11.5 Å². The van der Waals surface area contributed by atoms with Gasteiger partial charge in [-0.15, -0.1) is 11.3 Å². The third kappa shape index (κ3) is 5.35. The Labute approximate surface area is 152 Å². The fourth-order valence-corrected chi connectivity index (χ4v) is 2.88. The first-order valence-corrected chi connectivity index (χ1v) is 9.35. The first-order valence-electron chi connectivity index (χ1n) is 8.41. The van der Waals surface area contributed by atoms with Gasteiger partial charge in [-0.3, -0.25) is 4.79 Å². The van der Waals surface area contributed by atoms with Crippen LogP contribution in [0.2, 0.25) is 0 Å². The zero-order valence-electron chi connectivity index (χ0n) is 14.8. The summed E-state index contributed by atoms with van der Waals surface area (Å²) < 4.78 is 16.9. The molecule has 0 atom stereocenters. The standard InChI is InChI=1S/C18H24N2O4S/c1-4-22-15-9-13(10-16(23-5-2)17(15)24-6-3)18(21)19-8-7-14-11-25-12-20-14/h9-12H,4-8H2,1-3H3,(H,19,21). The Morgan fingerprint density at radius 1 is 1.08 bits per heavy atom. The van der Waals surface area contributed by atoms with Crippen molar-refractivity contribution in [3.05, 3.63) is 34.3 Å². The Morgan fingerprint density at radius 2 is 1.72 bits per heavy atom. The molecule has 1 N–H and O–H groups in total. The lowest BCUT2D eigenvalue weighted by atomic mass is 10.1. The third-order valence-electron chi connectivity index (χ3n) is 3.32. The highest BCUT2D eigenvalue weighted by Crippen LogP contribution is 2.39. The maximum atomic E-state index is 12.5. The molecule has 0 aliphatic rings. The molecule has 1 aromatic carbocycles. The van der Waals surface area contributed by atoms with Crippen LogP contribution in [-0.4, -0.2) is 37.3 Å². The summed E-state index contributed by atoms with van der Waals surface area (Å²) >= 11 is 1.55. The van der Waals surface area contributed by atoms with E-state index in [0.717, 1.165) is 5.69 Å². The summed E-state index contributed by atoms with van der Waals surface area (Å²) in [6.07, 6.45) is 0.697. The van der Waals surface area contributed by atoms with Gasteiger partial charge in [0, 0.05) is 23.9 Å². The fourth-order valence-electron chi connectivity index (χ4n) is 2.29. The van der Waals surface area contributed by atoms with Gasteiger partial charge in [0.25, 0.3) is 5.91 Å². The minimum absolute atomic E-state index is 0.180. The van der Waals surface area contributed by atoms with Gasteiger partial charge in [-0.1, -0.05) is 0 Å². The van der Waals surface area contributed by atoms with Crippen LogP contribution < -0.4 is 19.5 Å². The monoisotopic (exact) mass is 364 g/mol. The van der Waals surface area contributed by atoms with E-state index in [0.29, 0.717) is 55.6 Å². The molecule has 25 heavy (non-hydrogen) atoms. The summed E-state index contributed by atoms with van der Waals surface area (Å²) in [4.78, 5) is 16.7. The molecule has 0 fully saturated rings. The van der Waals surface area contributed by atoms with Crippen LogP contribution in [0.4, 0.5) is 0 Å². The SMILES string of the molecule is CCOc1cc(C(=O)NCCc2cscn2)cc(OCC)c1OCC. The summed E-state index contributed by atoms with van der Waals surface area (Å²) in [7, 11) is 0. The van der Waals surface area contributed by atoms with E-state index >= 15 is 0 Å². The molecular formula is C18H24N2O4S. The van der Waals surface area contributed by atoms with Gasteiger partial charge in [-0.05, 0) is 32.9 Å². The van der Waals surface area contributed by atoms with Gasteiger partial charge in [0.1, 0.15) is 0 Å². The van der Waals surface area contributed by atoms with Crippen molar-refractivity contribution in [2.24, 2.45) is 0 Å². The fraction of sp³-hybridized carbons (Fsp3) is 0.444. The summed E-state index contributed by atoms with van der Waals surface area (Å²) in [5, 5.41) is 4.88. The van der Waals surface area contributed by atoms with Gasteiger partial charge in [0.2, 0.25) is 5.75 Å². The number of hydrogen-bond donors (Lipinski definition) is 1. The maximum absolute atomic E-state index is 12.5. The molecule has 0 bridgehead atoms. The molecule has 0 spiro atoms. The first-order chi connectivity index (χ1) is 12.2. The van der Waals surface area contributed by atoms with Crippen LogP contribution in [-0.2, 0) is 6.42 Å². The van der Waals surface area contributed by atoms with Crippen molar-refractivity contribution in [2.45, 2.75) is 27.2 Å². The van der Waals surface area contributed by atoms with E-state index in [-0.39, 0.29) is 5.91 Å². The van der Waals surface area contributed by atoms with Crippen LogP contribution in [0.5, 0.6) is 17.2 Å². The minimum Gasteiger partial charge on any atom is -0.490 e. The number of nitrogens with zero attached hydrogens (tertiary/aromatic N) is 1. The summed E-state index contributed by atoms with van der Waals surface area (Å²) in [6, 6.07) is 3.38. The van der Waals surface area contributed by atoms with Crippen molar-refractivity contribution < 1.29 is 19.0 Å². The largest absolute Gasteiger partial charge is 0.490 e. The molecule has 0 aliphatic carbocycles. The molecule has 6 nitrogen and oxygen atoms in total. The van der Waals surface area contributed by atoms with Crippen LogP contribution in [0.25, 0.3) is 0 Å². The van der Waals surface area contributed by atoms with Crippen LogP contribution in [0.3, 0.4) is 0 Å². The number of nitrogens with one attached hydrogen (secondary N) is 1. The smallest absolute Gasteiger partial charge is 0.251 e. The number of ether oxygens (including phenoxy) is 3. The van der Waals surface area contributed by atoms with E-state index in [9.17, 15) is 4.79 Å². The van der Waals surface area contributed by atoms with E-state index in [4.69, 9.17) is 14.2 Å². The molecule has 0 saturated carbocycles. The molecule has 1 amide bonds. The highest BCUT2D eigenvalue weighted by molar-refractivity contribution is 7.07. The Kier molecular flexibility index (Phi) is 7.53. The third-order valence-corrected chi connectivity index (χ3v) is 3.96. The molecule has 1 heterocycles. The molecule has 2 aromatic rings. The summed E-state index contributed by atoms with van der Waals surface area (Å²) in [5.74, 6) is 1.38. The number of thiazole rings is 1. The highest BCUT2D eigenvalue weighted by atomic mass is 32.1. The van der Waals surface area contributed by atoms with Gasteiger partial charge >= 0.3 is 0 Å². The summed E-state index contributed by atoms with van der Waals surface area (Å²) in [6.45, 7) is 7.61. The molecule has 0 unspecified atom stereocenters. The zero-order valence-corrected chi connectivity index (χ0v) is 15.6. The number of amides is 1. The predicted molar refractivity (Wildman–Crippen MR) is 98.1 cm³/mol. The molecule has 0 saturated heterocycles. The second kappa shape index (κ2) is 9.88. The van der Waals surface area contributed by atoms with Crippen LogP contribution >= 0.6 is 11.3 Å². The van der Waals surface area contributed by atoms with Crippen molar-refractivity contribution >= 4 is 17.2 Å². The summed E-state index contributed by atoms with van der Waals surface area (Å²) in [5.41, 5.74) is 3.24. The van der Waals surface area contributed by atoms with E-state index in [1.165, 1.54) is 0 Å². The van der Waals surface area contributed by atoms with Gasteiger partial charge in [-0.25, -0.2) is 4.98 Å². The molecule has 0 radical (unpaired) electrons. The second-order valence-corrected chi connectivity index (χ2v) is 5.81.